The molecule has 0 atom stereocenters. The van der Waals surface area contributed by atoms with Crippen molar-refractivity contribution in [2.45, 2.75) is 6.92 Å². The van der Waals surface area contributed by atoms with Crippen LogP contribution in [0.5, 0.6) is 0 Å². The van der Waals surface area contributed by atoms with Crippen molar-refractivity contribution in [2.24, 2.45) is 0 Å². The summed E-state index contributed by atoms with van der Waals surface area (Å²) in [5.41, 5.74) is 1.03. The third kappa shape index (κ3) is 2.72. The summed E-state index contributed by atoms with van der Waals surface area (Å²) in [5.74, 6) is -0.686. The average Bonchev–Trinajstić information content (AvgIpc) is 2.34. The number of halogens is 2. The van der Waals surface area contributed by atoms with Gasteiger partial charge in [-0.05, 0) is 47.6 Å². The van der Waals surface area contributed by atoms with E-state index in [1.165, 1.54) is 0 Å². The number of likely N-dealkylation sites (N-methyl/N-ethyl adjacent to an activating group) is 1. The summed E-state index contributed by atoms with van der Waals surface area (Å²) in [5, 5.41) is 0. The van der Waals surface area contributed by atoms with Gasteiger partial charge in [-0.15, -0.1) is 0 Å². The zero-order valence-corrected chi connectivity index (χ0v) is 12.1. The molecule has 0 spiro atoms. The van der Waals surface area contributed by atoms with E-state index in [1.807, 2.05) is 14.0 Å². The van der Waals surface area contributed by atoms with E-state index in [-0.39, 0.29) is 11.5 Å². The molecule has 2 rings (SSSR count). The van der Waals surface area contributed by atoms with E-state index in [2.05, 4.69) is 20.8 Å². The first-order valence-corrected chi connectivity index (χ1v) is 6.72. The Kier molecular flexibility index (Phi) is 4.02. The predicted octanol–water partition coefficient (Wildman–Crippen LogP) is 2.28. The van der Waals surface area contributed by atoms with Crippen LogP contribution < -0.4 is 0 Å². The fourth-order valence-electron chi connectivity index (χ4n) is 2.06. The van der Waals surface area contributed by atoms with Crippen molar-refractivity contribution in [1.29, 1.82) is 0 Å². The Labute approximate surface area is 115 Å². The Bertz CT molecular complexity index is 470. The molecule has 0 saturated carbocycles. The molecule has 1 aliphatic heterocycles. The highest BCUT2D eigenvalue weighted by Crippen LogP contribution is 2.22. The van der Waals surface area contributed by atoms with Crippen molar-refractivity contribution in [2.75, 3.05) is 33.2 Å². The Hall–Kier alpha value is -0.940. The topological polar surface area (TPSA) is 23.6 Å². The van der Waals surface area contributed by atoms with Crippen LogP contribution in [-0.4, -0.2) is 48.9 Å². The lowest BCUT2D eigenvalue weighted by atomic mass is 10.1. The summed E-state index contributed by atoms with van der Waals surface area (Å²) in [6.07, 6.45) is 0. The number of carbonyl (C=O) groups is 1. The molecule has 1 aromatic carbocycles. The third-order valence-corrected chi connectivity index (χ3v) is 3.77. The zero-order chi connectivity index (χ0) is 13.3. The molecule has 1 aromatic rings. The van der Waals surface area contributed by atoms with Crippen LogP contribution in [0, 0.1) is 12.7 Å². The lowest BCUT2D eigenvalue weighted by Gasteiger charge is -2.32. The van der Waals surface area contributed by atoms with Crippen LogP contribution in [0.15, 0.2) is 16.6 Å². The first-order valence-electron chi connectivity index (χ1n) is 5.92. The highest BCUT2D eigenvalue weighted by Gasteiger charge is 2.23. The summed E-state index contributed by atoms with van der Waals surface area (Å²) in [6.45, 7) is 4.83. The van der Waals surface area contributed by atoms with Gasteiger partial charge in [0.15, 0.2) is 0 Å². The van der Waals surface area contributed by atoms with Gasteiger partial charge in [-0.2, -0.15) is 0 Å². The minimum absolute atomic E-state index is 0.159. The number of hydrogen-bond donors (Lipinski definition) is 0. The Morgan fingerprint density at radius 1 is 1.28 bits per heavy atom. The summed E-state index contributed by atoms with van der Waals surface area (Å²) in [4.78, 5) is 16.1. The van der Waals surface area contributed by atoms with Gasteiger partial charge in [0, 0.05) is 26.2 Å². The number of nitrogens with zero attached hydrogens (tertiary/aromatic N) is 2. The fourth-order valence-corrected chi connectivity index (χ4v) is 2.63. The summed E-state index contributed by atoms with van der Waals surface area (Å²) in [6, 6.07) is 3.29. The van der Waals surface area contributed by atoms with E-state index in [9.17, 15) is 9.18 Å². The maximum atomic E-state index is 14.0. The molecule has 1 amide bonds. The van der Waals surface area contributed by atoms with Crippen molar-refractivity contribution in [1.82, 2.24) is 9.80 Å². The molecule has 1 aliphatic rings. The maximum Gasteiger partial charge on any atom is 0.256 e. The van der Waals surface area contributed by atoms with Gasteiger partial charge in [0.25, 0.3) is 5.91 Å². The molecule has 18 heavy (non-hydrogen) atoms. The van der Waals surface area contributed by atoms with Crippen molar-refractivity contribution >= 4 is 21.8 Å². The van der Waals surface area contributed by atoms with Crippen molar-refractivity contribution in [3.05, 3.63) is 33.5 Å². The van der Waals surface area contributed by atoms with Crippen molar-refractivity contribution in [3.63, 3.8) is 0 Å². The minimum atomic E-state index is -0.468. The number of carbonyl (C=O) groups excluding carboxylic acids is 1. The molecule has 1 saturated heterocycles. The monoisotopic (exact) mass is 314 g/mol. The molecule has 0 aliphatic carbocycles. The Balaban J connectivity index is 2.23. The van der Waals surface area contributed by atoms with Crippen LogP contribution >= 0.6 is 15.9 Å². The molecular weight excluding hydrogens is 299 g/mol. The highest BCUT2D eigenvalue weighted by atomic mass is 79.9. The van der Waals surface area contributed by atoms with E-state index in [4.69, 9.17) is 0 Å². The highest BCUT2D eigenvalue weighted by molar-refractivity contribution is 9.10. The van der Waals surface area contributed by atoms with Crippen LogP contribution in [0.4, 0.5) is 4.39 Å². The largest absolute Gasteiger partial charge is 0.336 e. The molecule has 0 bridgehead atoms. The first kappa shape index (κ1) is 13.5. The Morgan fingerprint density at radius 3 is 2.50 bits per heavy atom. The van der Waals surface area contributed by atoms with Crippen LogP contribution in [0.2, 0.25) is 0 Å². The average molecular weight is 315 g/mol. The molecule has 1 fully saturated rings. The zero-order valence-electron chi connectivity index (χ0n) is 10.5. The summed E-state index contributed by atoms with van der Waals surface area (Å²) < 4.78 is 14.3. The second-order valence-corrected chi connectivity index (χ2v) is 5.56. The van der Waals surface area contributed by atoms with E-state index in [0.717, 1.165) is 18.7 Å². The van der Waals surface area contributed by atoms with Gasteiger partial charge in [-0.3, -0.25) is 4.79 Å². The van der Waals surface area contributed by atoms with Gasteiger partial charge < -0.3 is 9.80 Å². The number of aryl methyl sites for hydroxylation is 1. The molecule has 5 heteroatoms. The molecular formula is C13H16BrFN2O. The maximum absolute atomic E-state index is 14.0. The number of amides is 1. The van der Waals surface area contributed by atoms with Crippen LogP contribution in [0.3, 0.4) is 0 Å². The van der Waals surface area contributed by atoms with Gasteiger partial charge in [-0.25, -0.2) is 4.39 Å². The van der Waals surface area contributed by atoms with Crippen molar-refractivity contribution < 1.29 is 9.18 Å². The van der Waals surface area contributed by atoms with Gasteiger partial charge >= 0.3 is 0 Å². The summed E-state index contributed by atoms with van der Waals surface area (Å²) in [7, 11) is 2.02. The number of benzene rings is 1. The first-order chi connectivity index (χ1) is 8.49. The van der Waals surface area contributed by atoms with Crippen molar-refractivity contribution in [3.8, 4) is 0 Å². The molecule has 0 unspecified atom stereocenters. The van der Waals surface area contributed by atoms with Gasteiger partial charge in [0.1, 0.15) is 5.82 Å². The van der Waals surface area contributed by atoms with E-state index >= 15 is 0 Å². The Morgan fingerprint density at radius 2 is 1.89 bits per heavy atom. The molecule has 0 radical (unpaired) electrons. The quantitative estimate of drug-likeness (QED) is 0.794. The summed E-state index contributed by atoms with van der Waals surface area (Å²) >= 11 is 3.14. The van der Waals surface area contributed by atoms with E-state index < -0.39 is 5.82 Å². The molecule has 98 valence electrons. The molecule has 0 N–H and O–H groups in total. The minimum Gasteiger partial charge on any atom is -0.336 e. The second kappa shape index (κ2) is 5.36. The SMILES string of the molecule is Cc1cc(Br)c(F)c(C(=O)N2CCN(C)CC2)c1. The van der Waals surface area contributed by atoms with Gasteiger partial charge in [-0.1, -0.05) is 0 Å². The second-order valence-electron chi connectivity index (χ2n) is 4.70. The molecule has 0 aromatic heterocycles. The lowest BCUT2D eigenvalue weighted by Crippen LogP contribution is -2.47. The number of hydrogen-bond acceptors (Lipinski definition) is 2. The lowest BCUT2D eigenvalue weighted by molar-refractivity contribution is 0.0659. The van der Waals surface area contributed by atoms with Crippen LogP contribution in [-0.2, 0) is 0 Å². The number of rotatable bonds is 1. The van der Waals surface area contributed by atoms with Crippen LogP contribution in [0.25, 0.3) is 0 Å². The number of piperazine rings is 1. The fraction of sp³-hybridized carbons (Fsp3) is 0.462. The molecule has 1 heterocycles. The van der Waals surface area contributed by atoms with Crippen LogP contribution in [0.1, 0.15) is 15.9 Å². The predicted molar refractivity (Wildman–Crippen MR) is 72.2 cm³/mol. The van der Waals surface area contributed by atoms with E-state index in [0.29, 0.717) is 17.6 Å². The van der Waals surface area contributed by atoms with Gasteiger partial charge in [0.2, 0.25) is 0 Å². The standard InChI is InChI=1S/C13H16BrFN2O/c1-9-7-10(12(15)11(14)8-9)13(18)17-5-3-16(2)4-6-17/h7-8H,3-6H2,1-2H3. The smallest absolute Gasteiger partial charge is 0.256 e. The third-order valence-electron chi connectivity index (χ3n) is 3.19. The van der Waals surface area contributed by atoms with E-state index in [1.54, 1.807) is 17.0 Å². The molecule has 3 nitrogen and oxygen atoms in total. The normalized spacial score (nSPS) is 17.0. The van der Waals surface area contributed by atoms with Gasteiger partial charge in [0.05, 0.1) is 10.0 Å².